The molecule has 194 valence electrons. The predicted octanol–water partition coefficient (Wildman–Crippen LogP) is 5.89. The number of hydrogen-bond donors (Lipinski definition) is 1. The van der Waals surface area contributed by atoms with Crippen molar-refractivity contribution in [1.82, 2.24) is 20.0 Å². The second-order valence-electron chi connectivity index (χ2n) is 11.4. The first-order chi connectivity index (χ1) is 17.5. The van der Waals surface area contributed by atoms with E-state index in [1.807, 2.05) is 17.9 Å². The molecule has 1 atom stereocenters. The zero-order valence-electron chi connectivity index (χ0n) is 22.1. The number of rotatable bonds is 5. The third-order valence-electron chi connectivity index (χ3n) is 8.73. The Hall–Kier alpha value is -2.63. The van der Waals surface area contributed by atoms with Crippen LogP contribution in [0.25, 0.3) is 11.3 Å². The average Bonchev–Trinajstić information content (AvgIpc) is 3.04. The van der Waals surface area contributed by atoms with Crippen LogP contribution in [0, 0.1) is 0 Å². The van der Waals surface area contributed by atoms with Crippen molar-refractivity contribution >= 4 is 11.8 Å². The van der Waals surface area contributed by atoms with Crippen LogP contribution in [0.2, 0.25) is 0 Å². The van der Waals surface area contributed by atoms with Gasteiger partial charge in [-0.05, 0) is 50.7 Å². The maximum atomic E-state index is 14.1. The van der Waals surface area contributed by atoms with Crippen molar-refractivity contribution in [2.45, 2.75) is 121 Å². The number of amides is 2. The minimum absolute atomic E-state index is 0.0120. The first-order valence-electron chi connectivity index (χ1n) is 14.3. The fourth-order valence-corrected chi connectivity index (χ4v) is 6.51. The van der Waals surface area contributed by atoms with E-state index in [0.717, 1.165) is 69.0 Å². The fraction of sp³-hybridized carbons (Fsp3) is 0.633. The summed E-state index contributed by atoms with van der Waals surface area (Å²) >= 11 is 0. The van der Waals surface area contributed by atoms with E-state index in [0.29, 0.717) is 12.2 Å². The summed E-state index contributed by atoms with van der Waals surface area (Å²) in [6, 6.07) is 10.6. The zero-order chi connectivity index (χ0) is 25.1. The highest BCUT2D eigenvalue weighted by atomic mass is 16.2. The quantitative estimate of drug-likeness (QED) is 0.532. The molecule has 2 amide bonds. The van der Waals surface area contributed by atoms with Crippen molar-refractivity contribution in [3.05, 3.63) is 41.6 Å². The first-order valence-corrected chi connectivity index (χ1v) is 14.3. The number of nitrogens with zero attached hydrogens (tertiary/aromatic N) is 3. The summed E-state index contributed by atoms with van der Waals surface area (Å²) in [5, 5.41) is 8.24. The standard InChI is InChI=1S/C30H42N4O2/c1-3-22-16-18-23(19-17-22)26-20-27-28(35)34(25-14-10-6-7-11-15-25)30(2,21-33(27)32-26)29(36)31-24-12-8-4-5-9-13-24/h16-20,24-25H,3-15,21H2,1-2H3,(H,31,36)/t30-/m0/s1. The number of nitrogens with one attached hydrogen (secondary N) is 1. The van der Waals surface area contributed by atoms with Crippen molar-refractivity contribution in [3.63, 3.8) is 0 Å². The molecule has 0 radical (unpaired) electrons. The summed E-state index contributed by atoms with van der Waals surface area (Å²) < 4.78 is 1.80. The van der Waals surface area contributed by atoms with Crippen LogP contribution in [0.5, 0.6) is 0 Å². The number of carbonyl (C=O) groups is 2. The summed E-state index contributed by atoms with van der Waals surface area (Å²) in [5.41, 5.74) is 2.75. The zero-order valence-corrected chi connectivity index (χ0v) is 22.1. The summed E-state index contributed by atoms with van der Waals surface area (Å²) in [6.07, 6.45) is 14.5. The number of benzene rings is 1. The van der Waals surface area contributed by atoms with Crippen LogP contribution in [-0.2, 0) is 17.8 Å². The van der Waals surface area contributed by atoms with Gasteiger partial charge < -0.3 is 10.2 Å². The molecule has 2 aliphatic carbocycles. The molecule has 0 bridgehead atoms. The third-order valence-corrected chi connectivity index (χ3v) is 8.73. The van der Waals surface area contributed by atoms with Gasteiger partial charge in [0.1, 0.15) is 11.2 Å². The summed E-state index contributed by atoms with van der Waals surface area (Å²) in [7, 11) is 0. The van der Waals surface area contributed by atoms with Gasteiger partial charge in [0.15, 0.2) is 0 Å². The Kier molecular flexibility index (Phi) is 7.49. The Labute approximate surface area is 215 Å². The second-order valence-corrected chi connectivity index (χ2v) is 11.4. The molecule has 5 rings (SSSR count). The SMILES string of the molecule is CCc1ccc(-c2cc3n(n2)C[C@@](C)(C(=O)NC2CCCCCC2)N(C2CCCCCC2)C3=O)cc1. The van der Waals surface area contributed by atoms with Gasteiger partial charge in [0.05, 0.1) is 12.2 Å². The number of carbonyl (C=O) groups excluding carboxylic acids is 2. The van der Waals surface area contributed by atoms with Crippen LogP contribution in [0.3, 0.4) is 0 Å². The third kappa shape index (κ3) is 4.96. The van der Waals surface area contributed by atoms with Gasteiger partial charge >= 0.3 is 0 Å². The van der Waals surface area contributed by atoms with Gasteiger partial charge in [-0.2, -0.15) is 5.10 Å². The smallest absolute Gasteiger partial charge is 0.273 e. The van der Waals surface area contributed by atoms with E-state index in [4.69, 9.17) is 5.10 Å². The molecule has 0 spiro atoms. The van der Waals surface area contributed by atoms with Crippen LogP contribution in [0.4, 0.5) is 0 Å². The molecule has 2 fully saturated rings. The predicted molar refractivity (Wildman–Crippen MR) is 143 cm³/mol. The summed E-state index contributed by atoms with van der Waals surface area (Å²) in [5.74, 6) is -0.0578. The molecule has 2 saturated carbocycles. The first kappa shape index (κ1) is 25.0. The Morgan fingerprint density at radius 2 is 1.58 bits per heavy atom. The summed E-state index contributed by atoms with van der Waals surface area (Å²) in [4.78, 5) is 30.1. The molecule has 1 aromatic heterocycles. The van der Waals surface area contributed by atoms with Gasteiger partial charge in [0, 0.05) is 17.6 Å². The molecule has 0 unspecified atom stereocenters. The van der Waals surface area contributed by atoms with Crippen LogP contribution >= 0.6 is 0 Å². The van der Waals surface area contributed by atoms with E-state index < -0.39 is 5.54 Å². The molecule has 3 aliphatic rings. The van der Waals surface area contributed by atoms with E-state index in [2.05, 4.69) is 36.5 Å². The Morgan fingerprint density at radius 1 is 0.972 bits per heavy atom. The van der Waals surface area contributed by atoms with E-state index in [9.17, 15) is 9.59 Å². The lowest BCUT2D eigenvalue weighted by molar-refractivity contribution is -0.135. The van der Waals surface area contributed by atoms with Gasteiger partial charge in [0.25, 0.3) is 5.91 Å². The van der Waals surface area contributed by atoms with Crippen LogP contribution < -0.4 is 5.32 Å². The lowest BCUT2D eigenvalue weighted by Crippen LogP contribution is -2.67. The van der Waals surface area contributed by atoms with Crippen LogP contribution in [0.1, 0.15) is 107 Å². The largest absolute Gasteiger partial charge is 0.351 e. The lowest BCUT2D eigenvalue weighted by Gasteiger charge is -2.47. The normalized spacial score (nSPS) is 24.2. The minimum atomic E-state index is -0.944. The van der Waals surface area contributed by atoms with Crippen molar-refractivity contribution < 1.29 is 9.59 Å². The Balaban J connectivity index is 1.48. The van der Waals surface area contributed by atoms with Crippen molar-refractivity contribution in [2.75, 3.05) is 0 Å². The van der Waals surface area contributed by atoms with Gasteiger partial charge in [-0.1, -0.05) is 82.6 Å². The van der Waals surface area contributed by atoms with Gasteiger partial charge in [-0.15, -0.1) is 0 Å². The van der Waals surface area contributed by atoms with Gasteiger partial charge in [0.2, 0.25) is 5.91 Å². The van der Waals surface area contributed by atoms with Crippen LogP contribution in [-0.4, -0.2) is 44.1 Å². The molecule has 1 aliphatic heterocycles. The number of fused-ring (bicyclic) bond motifs is 1. The highest BCUT2D eigenvalue weighted by Gasteiger charge is 2.51. The molecular weight excluding hydrogens is 448 g/mol. The fourth-order valence-electron chi connectivity index (χ4n) is 6.51. The van der Waals surface area contributed by atoms with E-state index in [1.54, 1.807) is 4.68 Å². The Bertz CT molecular complexity index is 1060. The summed E-state index contributed by atoms with van der Waals surface area (Å²) in [6.45, 7) is 4.52. The van der Waals surface area contributed by atoms with Gasteiger partial charge in [-0.3, -0.25) is 14.3 Å². The second kappa shape index (κ2) is 10.8. The van der Waals surface area contributed by atoms with Gasteiger partial charge in [-0.25, -0.2) is 0 Å². The lowest BCUT2D eigenvalue weighted by atomic mass is 9.90. The monoisotopic (exact) mass is 490 g/mol. The topological polar surface area (TPSA) is 67.2 Å². The molecule has 6 nitrogen and oxygen atoms in total. The minimum Gasteiger partial charge on any atom is -0.351 e. The van der Waals surface area contributed by atoms with Crippen molar-refractivity contribution in [1.29, 1.82) is 0 Å². The molecular formula is C30H42N4O2. The van der Waals surface area contributed by atoms with E-state index >= 15 is 0 Å². The van der Waals surface area contributed by atoms with Crippen LogP contribution in [0.15, 0.2) is 30.3 Å². The molecule has 2 aromatic rings. The molecule has 0 saturated heterocycles. The van der Waals surface area contributed by atoms with Crippen molar-refractivity contribution in [3.8, 4) is 11.3 Å². The van der Waals surface area contributed by atoms with E-state index in [-0.39, 0.29) is 23.9 Å². The number of aryl methyl sites for hydroxylation is 1. The number of aromatic nitrogens is 2. The highest BCUT2D eigenvalue weighted by molar-refractivity contribution is 6.00. The molecule has 36 heavy (non-hydrogen) atoms. The molecule has 6 heteroatoms. The molecule has 1 aromatic carbocycles. The van der Waals surface area contributed by atoms with E-state index in [1.165, 1.54) is 31.2 Å². The van der Waals surface area contributed by atoms with Crippen molar-refractivity contribution in [2.24, 2.45) is 0 Å². The molecule has 1 N–H and O–H groups in total. The number of hydrogen-bond acceptors (Lipinski definition) is 3. The molecule has 2 heterocycles. The average molecular weight is 491 g/mol. The Morgan fingerprint density at radius 3 is 2.19 bits per heavy atom. The maximum absolute atomic E-state index is 14.1. The maximum Gasteiger partial charge on any atom is 0.273 e. The highest BCUT2D eigenvalue weighted by Crippen LogP contribution is 2.36.